The van der Waals surface area contributed by atoms with Crippen LogP contribution in [-0.4, -0.2) is 7.05 Å². The smallest absolute Gasteiger partial charge is 0.134 e. The molecule has 0 bridgehead atoms. The van der Waals surface area contributed by atoms with Gasteiger partial charge in [-0.1, -0.05) is 6.07 Å². The number of nitrogens with two attached hydrogens (primary N) is 1. The molecule has 0 spiro atoms. The highest BCUT2D eigenvalue weighted by Crippen LogP contribution is 2.20. The number of fused-ring (bicyclic) bond motifs is 1. The van der Waals surface area contributed by atoms with Gasteiger partial charge in [0.15, 0.2) is 0 Å². The van der Waals surface area contributed by atoms with Crippen LogP contribution in [-0.2, 0) is 13.1 Å². The molecular weight excluding hydrogens is 176 g/mol. The van der Waals surface area contributed by atoms with Crippen molar-refractivity contribution in [2.24, 2.45) is 5.73 Å². The molecular formula is C11H14N2O. The largest absolute Gasteiger partial charge is 0.460 e. The Hall–Kier alpha value is -1.32. The highest BCUT2D eigenvalue weighted by Gasteiger charge is 2.02. The number of benzene rings is 1. The van der Waals surface area contributed by atoms with E-state index in [0.717, 1.165) is 28.8 Å². The maximum absolute atomic E-state index is 5.60. The summed E-state index contributed by atoms with van der Waals surface area (Å²) in [5.74, 6) is 0.955. The van der Waals surface area contributed by atoms with Gasteiger partial charge < -0.3 is 15.5 Å². The lowest BCUT2D eigenvalue weighted by atomic mass is 10.1. The fourth-order valence-electron chi connectivity index (χ4n) is 1.54. The Morgan fingerprint density at radius 2 is 2.21 bits per heavy atom. The zero-order valence-electron chi connectivity index (χ0n) is 8.21. The Balaban J connectivity index is 2.43. The van der Waals surface area contributed by atoms with Crippen molar-refractivity contribution >= 4 is 11.0 Å². The van der Waals surface area contributed by atoms with E-state index in [1.165, 1.54) is 0 Å². The third-order valence-electron chi connectivity index (χ3n) is 2.22. The average Bonchev–Trinajstić information content (AvgIpc) is 2.59. The summed E-state index contributed by atoms with van der Waals surface area (Å²) in [5.41, 5.74) is 7.62. The van der Waals surface area contributed by atoms with E-state index in [9.17, 15) is 0 Å². The summed E-state index contributed by atoms with van der Waals surface area (Å²) in [4.78, 5) is 0. The number of nitrogens with one attached hydrogen (secondary N) is 1. The van der Waals surface area contributed by atoms with Crippen molar-refractivity contribution in [3.8, 4) is 0 Å². The molecule has 1 heterocycles. The maximum atomic E-state index is 5.60. The van der Waals surface area contributed by atoms with E-state index >= 15 is 0 Å². The van der Waals surface area contributed by atoms with Gasteiger partial charge in [0.2, 0.25) is 0 Å². The summed E-state index contributed by atoms with van der Waals surface area (Å²) in [7, 11) is 1.90. The standard InChI is InChI=1S/C11H14N2O/c1-13-7-10-5-9-4-8(6-12)2-3-11(9)14-10/h2-5,13H,6-7,12H2,1H3. The summed E-state index contributed by atoms with van der Waals surface area (Å²) in [6.07, 6.45) is 0. The molecule has 14 heavy (non-hydrogen) atoms. The van der Waals surface area contributed by atoms with Gasteiger partial charge in [0.25, 0.3) is 0 Å². The Morgan fingerprint density at radius 1 is 1.36 bits per heavy atom. The quantitative estimate of drug-likeness (QED) is 0.773. The van der Waals surface area contributed by atoms with Crippen LogP contribution in [0.1, 0.15) is 11.3 Å². The predicted octanol–water partition coefficient (Wildman–Crippen LogP) is 1.61. The molecule has 0 saturated heterocycles. The first-order valence-corrected chi connectivity index (χ1v) is 4.69. The molecule has 0 radical (unpaired) electrons. The van der Waals surface area contributed by atoms with Crippen LogP contribution in [0.5, 0.6) is 0 Å². The van der Waals surface area contributed by atoms with Crippen LogP contribution in [0.2, 0.25) is 0 Å². The van der Waals surface area contributed by atoms with Crippen LogP contribution in [0.15, 0.2) is 28.7 Å². The van der Waals surface area contributed by atoms with Crippen molar-refractivity contribution in [3.05, 3.63) is 35.6 Å². The molecule has 0 atom stereocenters. The van der Waals surface area contributed by atoms with Crippen molar-refractivity contribution in [2.45, 2.75) is 13.1 Å². The van der Waals surface area contributed by atoms with E-state index in [1.807, 2.05) is 25.2 Å². The molecule has 74 valence electrons. The lowest BCUT2D eigenvalue weighted by Gasteiger charge is -1.94. The lowest BCUT2D eigenvalue weighted by molar-refractivity contribution is 0.531. The summed E-state index contributed by atoms with van der Waals surface area (Å²) >= 11 is 0. The molecule has 0 aliphatic heterocycles. The van der Waals surface area contributed by atoms with Gasteiger partial charge in [-0.2, -0.15) is 0 Å². The van der Waals surface area contributed by atoms with Gasteiger partial charge in [0, 0.05) is 11.9 Å². The van der Waals surface area contributed by atoms with Crippen LogP contribution in [0.4, 0.5) is 0 Å². The lowest BCUT2D eigenvalue weighted by Crippen LogP contribution is -2.03. The summed E-state index contributed by atoms with van der Waals surface area (Å²) < 4.78 is 5.60. The summed E-state index contributed by atoms with van der Waals surface area (Å²) in [5, 5.41) is 4.18. The molecule has 3 N–H and O–H groups in total. The van der Waals surface area contributed by atoms with Crippen LogP contribution in [0, 0.1) is 0 Å². The monoisotopic (exact) mass is 190 g/mol. The van der Waals surface area contributed by atoms with Crippen molar-refractivity contribution in [1.29, 1.82) is 0 Å². The van der Waals surface area contributed by atoms with Crippen molar-refractivity contribution in [2.75, 3.05) is 7.05 Å². The molecule has 1 aromatic heterocycles. The van der Waals surface area contributed by atoms with E-state index in [1.54, 1.807) is 0 Å². The third-order valence-corrected chi connectivity index (χ3v) is 2.22. The second-order valence-electron chi connectivity index (χ2n) is 3.32. The minimum Gasteiger partial charge on any atom is -0.460 e. The van der Waals surface area contributed by atoms with E-state index in [-0.39, 0.29) is 0 Å². The molecule has 0 fully saturated rings. The second kappa shape index (κ2) is 3.82. The summed E-state index contributed by atoms with van der Waals surface area (Å²) in [6.45, 7) is 1.33. The van der Waals surface area contributed by atoms with Crippen LogP contribution in [0.25, 0.3) is 11.0 Å². The van der Waals surface area contributed by atoms with Crippen LogP contribution in [0.3, 0.4) is 0 Å². The SMILES string of the molecule is CNCc1cc2cc(CN)ccc2o1. The average molecular weight is 190 g/mol. The molecule has 0 unspecified atom stereocenters. The number of rotatable bonds is 3. The Labute approximate surface area is 82.9 Å². The van der Waals surface area contributed by atoms with Gasteiger partial charge in [-0.05, 0) is 30.8 Å². The van der Waals surface area contributed by atoms with Gasteiger partial charge in [-0.15, -0.1) is 0 Å². The number of hydrogen-bond acceptors (Lipinski definition) is 3. The maximum Gasteiger partial charge on any atom is 0.134 e. The number of furan rings is 1. The van der Waals surface area contributed by atoms with Crippen molar-refractivity contribution in [3.63, 3.8) is 0 Å². The van der Waals surface area contributed by atoms with Gasteiger partial charge >= 0.3 is 0 Å². The third kappa shape index (κ3) is 1.64. The van der Waals surface area contributed by atoms with Crippen molar-refractivity contribution < 1.29 is 4.42 Å². The molecule has 1 aromatic carbocycles. The van der Waals surface area contributed by atoms with Crippen molar-refractivity contribution in [1.82, 2.24) is 5.32 Å². The Bertz CT molecular complexity index is 434. The zero-order valence-corrected chi connectivity index (χ0v) is 8.21. The second-order valence-corrected chi connectivity index (χ2v) is 3.32. The normalized spacial score (nSPS) is 11.0. The molecule has 3 heteroatoms. The molecule has 0 aliphatic carbocycles. The van der Waals surface area contributed by atoms with Gasteiger partial charge in [0.05, 0.1) is 6.54 Å². The summed E-state index contributed by atoms with van der Waals surface area (Å²) in [6, 6.07) is 8.08. The minimum atomic E-state index is 0.572. The number of hydrogen-bond donors (Lipinski definition) is 2. The first-order chi connectivity index (χ1) is 6.83. The van der Waals surface area contributed by atoms with E-state index in [4.69, 9.17) is 10.2 Å². The fraction of sp³-hybridized carbons (Fsp3) is 0.273. The Kier molecular flexibility index (Phi) is 2.52. The van der Waals surface area contributed by atoms with E-state index in [0.29, 0.717) is 6.54 Å². The van der Waals surface area contributed by atoms with Crippen LogP contribution >= 0.6 is 0 Å². The van der Waals surface area contributed by atoms with E-state index < -0.39 is 0 Å². The molecule has 2 aromatic rings. The fourth-order valence-corrected chi connectivity index (χ4v) is 1.54. The highest BCUT2D eigenvalue weighted by molar-refractivity contribution is 5.78. The zero-order chi connectivity index (χ0) is 9.97. The first kappa shape index (κ1) is 9.24. The van der Waals surface area contributed by atoms with Crippen LogP contribution < -0.4 is 11.1 Å². The van der Waals surface area contributed by atoms with Gasteiger partial charge in [-0.25, -0.2) is 0 Å². The molecule has 0 saturated carbocycles. The molecule has 0 aliphatic rings. The topological polar surface area (TPSA) is 51.2 Å². The minimum absolute atomic E-state index is 0.572. The van der Waals surface area contributed by atoms with Gasteiger partial charge in [0.1, 0.15) is 11.3 Å². The first-order valence-electron chi connectivity index (χ1n) is 4.69. The highest BCUT2D eigenvalue weighted by atomic mass is 16.3. The Morgan fingerprint density at radius 3 is 2.93 bits per heavy atom. The van der Waals surface area contributed by atoms with E-state index in [2.05, 4.69) is 11.4 Å². The molecule has 3 nitrogen and oxygen atoms in total. The predicted molar refractivity (Wildman–Crippen MR) is 56.9 cm³/mol. The molecule has 2 rings (SSSR count). The van der Waals surface area contributed by atoms with Gasteiger partial charge in [-0.3, -0.25) is 0 Å². The molecule has 0 amide bonds.